The Morgan fingerprint density at radius 2 is 1.17 bits per heavy atom. The summed E-state index contributed by atoms with van der Waals surface area (Å²) in [7, 11) is 0. The quantitative estimate of drug-likeness (QED) is 0.258. The molecule has 0 aromatic carbocycles. The first kappa shape index (κ1) is 25.5. The molecule has 0 fully saturated rings. The van der Waals surface area contributed by atoms with Crippen molar-refractivity contribution in [2.24, 2.45) is 11.5 Å². The SMILES string of the molecule is CCCCCCCCCCCCNCCNCCN.NCC(=O)O. The molecule has 0 aromatic heterocycles. The maximum absolute atomic E-state index is 9.24. The molecule has 0 saturated carbocycles. The van der Waals surface area contributed by atoms with Gasteiger partial charge in [-0.1, -0.05) is 64.7 Å². The molecule has 6 nitrogen and oxygen atoms in total. The Morgan fingerprint density at radius 3 is 1.58 bits per heavy atom. The standard InChI is InChI=1S/C16H37N3.C2H5NO2/c1-2-3-4-5-6-7-8-9-10-11-13-18-15-16-19-14-12-17;3-1-2(4)5/h18-19H,2-17H2,1H3;1,3H2,(H,4,5). The minimum absolute atomic E-state index is 0.278. The van der Waals surface area contributed by atoms with Gasteiger partial charge in [0.05, 0.1) is 6.54 Å². The van der Waals surface area contributed by atoms with Gasteiger partial charge in [0.2, 0.25) is 0 Å². The molecular formula is C18H42N4O2. The fourth-order valence-electron chi connectivity index (χ4n) is 2.27. The topological polar surface area (TPSA) is 113 Å². The zero-order valence-electron chi connectivity index (χ0n) is 15.8. The van der Waals surface area contributed by atoms with Crippen LogP contribution in [0.2, 0.25) is 0 Å². The molecule has 0 aliphatic rings. The van der Waals surface area contributed by atoms with Crippen LogP contribution in [0.5, 0.6) is 0 Å². The van der Waals surface area contributed by atoms with E-state index in [1.165, 1.54) is 70.8 Å². The number of hydrogen-bond acceptors (Lipinski definition) is 5. The third-order valence-electron chi connectivity index (χ3n) is 3.68. The summed E-state index contributed by atoms with van der Waals surface area (Å²) in [5.41, 5.74) is 9.97. The lowest BCUT2D eigenvalue weighted by Crippen LogP contribution is -2.31. The molecule has 0 bridgehead atoms. The van der Waals surface area contributed by atoms with Crippen molar-refractivity contribution in [1.29, 1.82) is 0 Å². The maximum Gasteiger partial charge on any atom is 0.317 e. The highest BCUT2D eigenvalue weighted by atomic mass is 16.4. The largest absolute Gasteiger partial charge is 0.480 e. The number of carbonyl (C=O) groups is 1. The van der Waals surface area contributed by atoms with Crippen molar-refractivity contribution in [3.63, 3.8) is 0 Å². The van der Waals surface area contributed by atoms with Gasteiger partial charge in [0.25, 0.3) is 0 Å². The normalized spacial score (nSPS) is 10.3. The van der Waals surface area contributed by atoms with Gasteiger partial charge in [0.1, 0.15) is 0 Å². The van der Waals surface area contributed by atoms with E-state index in [0.717, 1.165) is 26.2 Å². The lowest BCUT2D eigenvalue weighted by molar-refractivity contribution is -0.135. The summed E-state index contributed by atoms with van der Waals surface area (Å²) >= 11 is 0. The molecule has 146 valence electrons. The highest BCUT2D eigenvalue weighted by Gasteiger charge is 1.93. The van der Waals surface area contributed by atoms with Crippen LogP contribution in [-0.4, -0.2) is 50.3 Å². The van der Waals surface area contributed by atoms with E-state index in [9.17, 15) is 4.79 Å². The fraction of sp³-hybridized carbons (Fsp3) is 0.944. The Hall–Kier alpha value is -0.690. The van der Waals surface area contributed by atoms with Crippen molar-refractivity contribution >= 4 is 5.97 Å². The first-order chi connectivity index (χ1) is 11.7. The average molecular weight is 347 g/mol. The van der Waals surface area contributed by atoms with Gasteiger partial charge < -0.3 is 27.2 Å². The summed E-state index contributed by atoms with van der Waals surface area (Å²) in [6.45, 7) is 6.94. The number of carboxylic acid groups (broad SMARTS) is 1. The van der Waals surface area contributed by atoms with Gasteiger partial charge in [0, 0.05) is 26.2 Å². The zero-order valence-corrected chi connectivity index (χ0v) is 15.8. The summed E-state index contributed by atoms with van der Waals surface area (Å²) in [5.74, 6) is -0.968. The minimum Gasteiger partial charge on any atom is -0.480 e. The molecule has 0 aliphatic carbocycles. The van der Waals surface area contributed by atoms with Crippen molar-refractivity contribution in [3.05, 3.63) is 0 Å². The Morgan fingerprint density at radius 1 is 0.750 bits per heavy atom. The Labute approximate surface area is 149 Å². The molecule has 0 spiro atoms. The molecule has 0 atom stereocenters. The summed E-state index contributed by atoms with van der Waals surface area (Å²) in [5, 5.41) is 14.4. The maximum atomic E-state index is 9.24. The van der Waals surface area contributed by atoms with E-state index in [0.29, 0.717) is 0 Å². The first-order valence-corrected chi connectivity index (χ1v) is 9.72. The summed E-state index contributed by atoms with van der Waals surface area (Å²) in [6, 6.07) is 0. The molecule has 0 rings (SSSR count). The lowest BCUT2D eigenvalue weighted by atomic mass is 10.1. The number of nitrogens with one attached hydrogen (secondary N) is 2. The van der Waals surface area contributed by atoms with Gasteiger partial charge in [0.15, 0.2) is 0 Å². The van der Waals surface area contributed by atoms with E-state index in [1.807, 2.05) is 0 Å². The molecule has 0 heterocycles. The Bertz CT molecular complexity index is 225. The van der Waals surface area contributed by atoms with E-state index >= 15 is 0 Å². The Kier molecular flexibility index (Phi) is 26.1. The fourth-order valence-corrected chi connectivity index (χ4v) is 2.27. The van der Waals surface area contributed by atoms with Gasteiger partial charge in [-0.05, 0) is 13.0 Å². The highest BCUT2D eigenvalue weighted by Crippen LogP contribution is 2.10. The van der Waals surface area contributed by atoms with Crippen molar-refractivity contribution in [3.8, 4) is 0 Å². The van der Waals surface area contributed by atoms with Gasteiger partial charge >= 0.3 is 5.97 Å². The first-order valence-electron chi connectivity index (χ1n) is 9.72. The summed E-state index contributed by atoms with van der Waals surface area (Å²) < 4.78 is 0. The number of carboxylic acids is 1. The van der Waals surface area contributed by atoms with Crippen molar-refractivity contribution < 1.29 is 9.90 Å². The van der Waals surface area contributed by atoms with Crippen LogP contribution in [0, 0.1) is 0 Å². The van der Waals surface area contributed by atoms with Crippen molar-refractivity contribution in [2.75, 3.05) is 39.3 Å². The molecule has 6 heteroatoms. The molecule has 0 unspecified atom stereocenters. The number of nitrogens with two attached hydrogens (primary N) is 2. The molecule has 0 amide bonds. The van der Waals surface area contributed by atoms with Crippen LogP contribution in [0.25, 0.3) is 0 Å². The second-order valence-electron chi connectivity index (χ2n) is 6.07. The van der Waals surface area contributed by atoms with Gasteiger partial charge in [-0.2, -0.15) is 0 Å². The smallest absolute Gasteiger partial charge is 0.317 e. The third kappa shape index (κ3) is 29.3. The monoisotopic (exact) mass is 346 g/mol. The molecule has 24 heavy (non-hydrogen) atoms. The van der Waals surface area contributed by atoms with E-state index in [-0.39, 0.29) is 6.54 Å². The molecule has 0 aliphatic heterocycles. The second-order valence-corrected chi connectivity index (χ2v) is 6.07. The predicted molar refractivity (Wildman–Crippen MR) is 103 cm³/mol. The van der Waals surface area contributed by atoms with Crippen molar-refractivity contribution in [2.45, 2.75) is 71.1 Å². The van der Waals surface area contributed by atoms with Crippen LogP contribution in [0.3, 0.4) is 0 Å². The second kappa shape index (κ2) is 24.6. The molecule has 0 radical (unpaired) electrons. The Balaban J connectivity index is 0. The molecule has 7 N–H and O–H groups in total. The lowest BCUT2D eigenvalue weighted by Gasteiger charge is -2.06. The predicted octanol–water partition coefficient (Wildman–Crippen LogP) is 2.07. The summed E-state index contributed by atoms with van der Waals surface area (Å²) in [6.07, 6.45) is 14.1. The van der Waals surface area contributed by atoms with Gasteiger partial charge in [-0.15, -0.1) is 0 Å². The molecular weight excluding hydrogens is 304 g/mol. The van der Waals surface area contributed by atoms with Crippen LogP contribution in [-0.2, 0) is 4.79 Å². The minimum atomic E-state index is -0.968. The highest BCUT2D eigenvalue weighted by molar-refractivity contribution is 5.68. The van der Waals surface area contributed by atoms with Crippen LogP contribution in [0.15, 0.2) is 0 Å². The molecule has 0 saturated heterocycles. The average Bonchev–Trinajstić information content (AvgIpc) is 2.59. The van der Waals surface area contributed by atoms with Crippen LogP contribution in [0.4, 0.5) is 0 Å². The van der Waals surface area contributed by atoms with Crippen LogP contribution >= 0.6 is 0 Å². The number of unbranched alkanes of at least 4 members (excludes halogenated alkanes) is 9. The van der Waals surface area contributed by atoms with E-state index in [2.05, 4.69) is 23.3 Å². The van der Waals surface area contributed by atoms with Gasteiger partial charge in [-0.25, -0.2) is 0 Å². The van der Waals surface area contributed by atoms with E-state index in [1.54, 1.807) is 0 Å². The van der Waals surface area contributed by atoms with Crippen molar-refractivity contribution in [1.82, 2.24) is 10.6 Å². The number of aliphatic carboxylic acids is 1. The van der Waals surface area contributed by atoms with Crippen LogP contribution in [0.1, 0.15) is 71.1 Å². The van der Waals surface area contributed by atoms with Crippen LogP contribution < -0.4 is 22.1 Å². The third-order valence-corrected chi connectivity index (χ3v) is 3.68. The number of hydrogen-bond donors (Lipinski definition) is 5. The molecule has 0 aromatic rings. The summed E-state index contributed by atoms with van der Waals surface area (Å²) in [4.78, 5) is 9.24. The number of rotatable bonds is 17. The van der Waals surface area contributed by atoms with E-state index in [4.69, 9.17) is 10.8 Å². The van der Waals surface area contributed by atoms with E-state index < -0.39 is 5.97 Å². The van der Waals surface area contributed by atoms with Gasteiger partial charge in [-0.3, -0.25) is 4.79 Å². The zero-order chi connectivity index (χ0) is 18.3.